The van der Waals surface area contributed by atoms with Crippen molar-refractivity contribution in [3.05, 3.63) is 63.3 Å². The molecular weight excluding hydrogens is 501 g/mol. The molecule has 0 bridgehead atoms. The lowest BCUT2D eigenvalue weighted by Gasteiger charge is -2.21. The van der Waals surface area contributed by atoms with Crippen molar-refractivity contribution < 1.29 is 19.1 Å². The number of rotatable bonds is 8. The van der Waals surface area contributed by atoms with Gasteiger partial charge in [0.2, 0.25) is 0 Å². The summed E-state index contributed by atoms with van der Waals surface area (Å²) in [5.74, 6) is 1.31. The number of carbonyl (C=O) groups is 2. The van der Waals surface area contributed by atoms with Crippen LogP contribution in [0.1, 0.15) is 41.7 Å². The lowest BCUT2D eigenvalue weighted by molar-refractivity contribution is -0.117. The van der Waals surface area contributed by atoms with Crippen molar-refractivity contribution >= 4 is 46.5 Å². The number of nitrogens with zero attached hydrogens (tertiary/aromatic N) is 2. The number of fused-ring (bicyclic) bond motifs is 1. The van der Waals surface area contributed by atoms with Crippen molar-refractivity contribution in [1.82, 2.24) is 4.98 Å². The fraction of sp³-hybridized carbons (Fsp3) is 0.444. The van der Waals surface area contributed by atoms with E-state index in [2.05, 4.69) is 9.88 Å². The summed E-state index contributed by atoms with van der Waals surface area (Å²) in [5.41, 5.74) is 8.05. The molecule has 3 aliphatic rings. The number of ketones is 1. The summed E-state index contributed by atoms with van der Waals surface area (Å²) in [6.07, 6.45) is 3.60. The number of ether oxygens (including phenoxy) is 2. The number of pyridine rings is 1. The summed E-state index contributed by atoms with van der Waals surface area (Å²) in [7, 11) is 1.35. The van der Waals surface area contributed by atoms with Crippen LogP contribution >= 0.6 is 23.2 Å². The number of hydrogen-bond acceptors (Lipinski definition) is 7. The number of carbonyl (C=O) groups excluding carboxylic acids is 2. The first-order valence-electron chi connectivity index (χ1n) is 12.2. The van der Waals surface area contributed by atoms with Crippen molar-refractivity contribution in [2.45, 2.75) is 31.8 Å². The maximum atomic E-state index is 13.1. The van der Waals surface area contributed by atoms with Gasteiger partial charge in [-0.05, 0) is 61.8 Å². The Hall–Kier alpha value is -2.61. The van der Waals surface area contributed by atoms with Crippen LogP contribution in [0.25, 0.3) is 5.70 Å². The minimum absolute atomic E-state index is 0.00758. The summed E-state index contributed by atoms with van der Waals surface area (Å²) in [6, 6.07) is 10.6. The van der Waals surface area contributed by atoms with Crippen LogP contribution in [0.4, 0.5) is 5.82 Å². The van der Waals surface area contributed by atoms with E-state index < -0.39 is 5.97 Å². The molecular formula is C27H29Cl2N3O4. The minimum Gasteiger partial charge on any atom is -0.464 e. The second kappa shape index (κ2) is 10.4. The van der Waals surface area contributed by atoms with E-state index in [9.17, 15) is 9.59 Å². The van der Waals surface area contributed by atoms with E-state index in [1.54, 1.807) is 24.3 Å². The number of halogens is 2. The van der Waals surface area contributed by atoms with Gasteiger partial charge in [-0.15, -0.1) is 0 Å². The van der Waals surface area contributed by atoms with Gasteiger partial charge in [0.15, 0.2) is 11.5 Å². The zero-order chi connectivity index (χ0) is 25.4. The van der Waals surface area contributed by atoms with Gasteiger partial charge in [0.1, 0.15) is 5.82 Å². The van der Waals surface area contributed by atoms with Gasteiger partial charge >= 0.3 is 5.97 Å². The third-order valence-electron chi connectivity index (χ3n) is 7.43. The standard InChI is InChI=1S/C27H29Cl2N3O4/c1-35-27(34)22-6-3-7-23(31-22)32-12-16-10-18(11-17(16)13-32)36-14-19(26(33)15-8-9-15)25(30)24-20(28)4-2-5-21(24)29/h2-7,15-18H,8-14,30H2,1H3. The molecule has 2 N–H and O–H groups in total. The molecule has 2 unspecified atom stereocenters. The zero-order valence-electron chi connectivity index (χ0n) is 20.1. The molecule has 2 aliphatic carbocycles. The van der Waals surface area contributed by atoms with Crippen molar-refractivity contribution in [2.75, 3.05) is 31.7 Å². The molecule has 1 aromatic heterocycles. The maximum absolute atomic E-state index is 13.1. The van der Waals surface area contributed by atoms with Crippen LogP contribution in [-0.2, 0) is 14.3 Å². The highest BCUT2D eigenvalue weighted by Gasteiger charge is 2.42. The highest BCUT2D eigenvalue weighted by Crippen LogP contribution is 2.42. The van der Waals surface area contributed by atoms with E-state index in [4.69, 9.17) is 38.4 Å². The second-order valence-corrected chi connectivity index (χ2v) is 10.6. The van der Waals surface area contributed by atoms with Gasteiger partial charge in [-0.2, -0.15) is 0 Å². The minimum atomic E-state index is -0.438. The first-order chi connectivity index (χ1) is 17.4. The fourth-order valence-corrected chi connectivity index (χ4v) is 5.97. The van der Waals surface area contributed by atoms with E-state index in [1.165, 1.54) is 7.11 Å². The topological polar surface area (TPSA) is 94.8 Å². The number of nitrogens with two attached hydrogens (primary N) is 1. The summed E-state index contributed by atoms with van der Waals surface area (Å²) in [6.45, 7) is 1.85. The van der Waals surface area contributed by atoms with Gasteiger partial charge in [0.05, 0.1) is 35.6 Å². The molecule has 3 fully saturated rings. The van der Waals surface area contributed by atoms with E-state index in [-0.39, 0.29) is 24.4 Å². The van der Waals surface area contributed by atoms with Crippen LogP contribution in [-0.4, -0.2) is 49.6 Å². The third kappa shape index (κ3) is 5.10. The quantitative estimate of drug-likeness (QED) is 0.389. The van der Waals surface area contributed by atoms with Crippen LogP contribution < -0.4 is 10.6 Å². The molecule has 1 saturated heterocycles. The Morgan fingerprint density at radius 1 is 1.06 bits per heavy atom. The SMILES string of the molecule is COC(=O)c1cccc(N2CC3CC(OCC(C(=O)C4CC4)=C(N)c4c(Cl)cccc4Cl)CC3C2)n1. The Morgan fingerprint density at radius 2 is 1.69 bits per heavy atom. The second-order valence-electron chi connectivity index (χ2n) is 9.83. The monoisotopic (exact) mass is 529 g/mol. The lowest BCUT2D eigenvalue weighted by atomic mass is 10.0. The number of hydrogen-bond donors (Lipinski definition) is 1. The molecule has 0 radical (unpaired) electrons. The highest BCUT2D eigenvalue weighted by atomic mass is 35.5. The first-order valence-corrected chi connectivity index (χ1v) is 13.0. The van der Waals surface area contributed by atoms with E-state index >= 15 is 0 Å². The molecule has 2 atom stereocenters. The van der Waals surface area contributed by atoms with Crippen LogP contribution in [0.15, 0.2) is 42.0 Å². The molecule has 5 rings (SSSR count). The van der Waals surface area contributed by atoms with Crippen molar-refractivity contribution in [3.8, 4) is 0 Å². The number of aromatic nitrogens is 1. The zero-order valence-corrected chi connectivity index (χ0v) is 21.6. The van der Waals surface area contributed by atoms with E-state index in [1.807, 2.05) is 12.1 Å². The van der Waals surface area contributed by atoms with Crippen molar-refractivity contribution in [3.63, 3.8) is 0 Å². The average molecular weight is 530 g/mol. The summed E-state index contributed by atoms with van der Waals surface area (Å²) in [4.78, 5) is 31.6. The maximum Gasteiger partial charge on any atom is 0.356 e. The smallest absolute Gasteiger partial charge is 0.356 e. The molecule has 2 aromatic rings. The van der Waals surface area contributed by atoms with Gasteiger partial charge in [-0.3, -0.25) is 4.79 Å². The summed E-state index contributed by atoms with van der Waals surface area (Å²) >= 11 is 12.7. The summed E-state index contributed by atoms with van der Waals surface area (Å²) < 4.78 is 11.1. The van der Waals surface area contributed by atoms with Gasteiger partial charge in [-0.25, -0.2) is 9.78 Å². The molecule has 2 heterocycles. The Bertz CT molecular complexity index is 1180. The van der Waals surface area contributed by atoms with Crippen LogP contribution in [0, 0.1) is 17.8 Å². The fourth-order valence-electron chi connectivity index (χ4n) is 5.37. The Labute approximate surface area is 220 Å². The molecule has 1 aromatic carbocycles. The number of Topliss-reactive ketones (excluding diaryl/α,β-unsaturated/α-hetero) is 1. The van der Waals surface area contributed by atoms with Gasteiger partial charge < -0.3 is 20.1 Å². The predicted molar refractivity (Wildman–Crippen MR) is 139 cm³/mol. The first kappa shape index (κ1) is 25.1. The third-order valence-corrected chi connectivity index (χ3v) is 8.06. The Kier molecular flexibility index (Phi) is 7.24. The Morgan fingerprint density at radius 3 is 2.31 bits per heavy atom. The van der Waals surface area contributed by atoms with Crippen LogP contribution in [0.2, 0.25) is 10.0 Å². The van der Waals surface area contributed by atoms with Gasteiger partial charge in [0.25, 0.3) is 0 Å². The number of anilines is 1. The van der Waals surface area contributed by atoms with Gasteiger partial charge in [0, 0.05) is 30.1 Å². The highest BCUT2D eigenvalue weighted by molar-refractivity contribution is 6.37. The number of methoxy groups -OCH3 is 1. The molecule has 36 heavy (non-hydrogen) atoms. The lowest BCUT2D eigenvalue weighted by Crippen LogP contribution is -2.25. The van der Waals surface area contributed by atoms with E-state index in [0.29, 0.717) is 44.4 Å². The molecule has 7 nitrogen and oxygen atoms in total. The van der Waals surface area contributed by atoms with Crippen LogP contribution in [0.3, 0.4) is 0 Å². The Balaban J connectivity index is 1.25. The largest absolute Gasteiger partial charge is 0.464 e. The molecule has 2 saturated carbocycles. The summed E-state index contributed by atoms with van der Waals surface area (Å²) in [5, 5.41) is 0.836. The van der Waals surface area contributed by atoms with Crippen LogP contribution in [0.5, 0.6) is 0 Å². The normalized spacial score (nSPS) is 23.9. The molecule has 1 aliphatic heterocycles. The van der Waals surface area contributed by atoms with Gasteiger partial charge in [-0.1, -0.05) is 35.3 Å². The van der Waals surface area contributed by atoms with E-state index in [0.717, 1.165) is 44.6 Å². The average Bonchev–Trinajstić information content (AvgIpc) is 3.54. The molecule has 0 amide bonds. The number of benzene rings is 1. The molecule has 190 valence electrons. The number of esters is 1. The van der Waals surface area contributed by atoms with Crippen molar-refractivity contribution in [2.24, 2.45) is 23.5 Å². The molecule has 9 heteroatoms. The predicted octanol–water partition coefficient (Wildman–Crippen LogP) is 4.76. The van der Waals surface area contributed by atoms with Crippen molar-refractivity contribution in [1.29, 1.82) is 0 Å². The molecule has 0 spiro atoms.